The minimum absolute atomic E-state index is 0.390. The predicted molar refractivity (Wildman–Crippen MR) is 65.0 cm³/mol. The average molecular weight is 201 g/mol. The molecule has 2 atom stereocenters. The molecule has 0 saturated heterocycles. The number of hydrogen-bond donors (Lipinski definition) is 1. The summed E-state index contributed by atoms with van der Waals surface area (Å²) >= 11 is 0. The molecular weight excluding hydrogens is 182 g/mol. The van der Waals surface area contributed by atoms with Crippen molar-refractivity contribution < 1.29 is 0 Å². The fourth-order valence-electron chi connectivity index (χ4n) is 2.40. The molecule has 1 aromatic rings. The van der Waals surface area contributed by atoms with Gasteiger partial charge >= 0.3 is 0 Å². The Morgan fingerprint density at radius 2 is 2.33 bits per heavy atom. The van der Waals surface area contributed by atoms with Crippen molar-refractivity contribution in [3.63, 3.8) is 0 Å². The van der Waals surface area contributed by atoms with Gasteiger partial charge in [-0.05, 0) is 43.4 Å². The number of nitrogens with one attached hydrogen (secondary N) is 1. The van der Waals surface area contributed by atoms with Crippen LogP contribution in [0.3, 0.4) is 0 Å². The van der Waals surface area contributed by atoms with Gasteiger partial charge < -0.3 is 5.32 Å². The van der Waals surface area contributed by atoms with Crippen LogP contribution in [0.1, 0.15) is 36.1 Å². The maximum Gasteiger partial charge on any atom is 0.0331 e. The van der Waals surface area contributed by atoms with E-state index < -0.39 is 0 Å². The summed E-state index contributed by atoms with van der Waals surface area (Å²) in [6.45, 7) is 8.17. The highest BCUT2D eigenvalue weighted by Gasteiger charge is 2.23. The number of benzene rings is 1. The minimum Gasteiger partial charge on any atom is -0.304 e. The molecule has 1 aliphatic rings. The summed E-state index contributed by atoms with van der Waals surface area (Å²) in [5, 5.41) is 3.59. The van der Waals surface area contributed by atoms with Crippen molar-refractivity contribution in [3.05, 3.63) is 47.5 Å². The van der Waals surface area contributed by atoms with E-state index in [-0.39, 0.29) is 0 Å². The molecule has 1 N–H and O–H groups in total. The Hall–Kier alpha value is -1.08. The molecule has 0 aromatic heterocycles. The molecule has 2 unspecified atom stereocenters. The Bertz CT molecular complexity index is 368. The minimum atomic E-state index is 0.390. The van der Waals surface area contributed by atoms with Gasteiger partial charge in [0.25, 0.3) is 0 Å². The van der Waals surface area contributed by atoms with Crippen molar-refractivity contribution in [1.82, 2.24) is 5.32 Å². The zero-order valence-electron chi connectivity index (χ0n) is 9.59. The maximum atomic E-state index is 3.81. The van der Waals surface area contributed by atoms with E-state index in [1.54, 1.807) is 5.56 Å². The molecule has 0 amide bonds. The third-order valence-corrected chi connectivity index (χ3v) is 3.32. The lowest BCUT2D eigenvalue weighted by Gasteiger charge is -2.17. The molecule has 1 aromatic carbocycles. The van der Waals surface area contributed by atoms with Gasteiger partial charge in [0, 0.05) is 12.1 Å². The van der Waals surface area contributed by atoms with Crippen LogP contribution in [0.4, 0.5) is 0 Å². The highest BCUT2D eigenvalue weighted by atomic mass is 14.9. The smallest absolute Gasteiger partial charge is 0.0331 e. The fourth-order valence-corrected chi connectivity index (χ4v) is 2.40. The molecule has 1 aliphatic carbocycles. The molecule has 0 heterocycles. The lowest BCUT2D eigenvalue weighted by molar-refractivity contribution is 0.500. The molecular formula is C14H19N. The van der Waals surface area contributed by atoms with Crippen LogP contribution < -0.4 is 5.32 Å². The van der Waals surface area contributed by atoms with Gasteiger partial charge in [-0.15, -0.1) is 6.58 Å². The third kappa shape index (κ3) is 1.98. The molecule has 1 heteroatoms. The van der Waals surface area contributed by atoms with Crippen molar-refractivity contribution in [2.45, 2.75) is 38.8 Å². The summed E-state index contributed by atoms with van der Waals surface area (Å²) in [4.78, 5) is 0. The molecule has 0 spiro atoms. The Balaban J connectivity index is 2.21. The molecule has 0 saturated carbocycles. The summed E-state index contributed by atoms with van der Waals surface area (Å²) in [6.07, 6.45) is 4.40. The van der Waals surface area contributed by atoms with E-state index in [4.69, 9.17) is 0 Å². The second kappa shape index (κ2) is 4.19. The van der Waals surface area contributed by atoms with Crippen LogP contribution in [-0.4, -0.2) is 6.04 Å². The van der Waals surface area contributed by atoms with Gasteiger partial charge in [-0.3, -0.25) is 0 Å². The lowest BCUT2D eigenvalue weighted by Crippen LogP contribution is -2.27. The van der Waals surface area contributed by atoms with Gasteiger partial charge in [-0.1, -0.05) is 24.3 Å². The molecule has 1 nitrogen and oxygen atoms in total. The third-order valence-electron chi connectivity index (χ3n) is 3.32. The summed E-state index contributed by atoms with van der Waals surface area (Å²) < 4.78 is 0. The van der Waals surface area contributed by atoms with E-state index in [1.165, 1.54) is 24.0 Å². The maximum absolute atomic E-state index is 3.81. The van der Waals surface area contributed by atoms with Gasteiger partial charge in [-0.2, -0.15) is 0 Å². The van der Waals surface area contributed by atoms with Gasteiger partial charge in [0.05, 0.1) is 0 Å². The normalized spacial score (nSPS) is 21.1. The molecule has 15 heavy (non-hydrogen) atoms. The summed E-state index contributed by atoms with van der Waals surface area (Å²) in [5.41, 5.74) is 4.47. The first kappa shape index (κ1) is 10.4. The van der Waals surface area contributed by atoms with Gasteiger partial charge in [0.15, 0.2) is 0 Å². The average Bonchev–Trinajstić information content (AvgIpc) is 2.63. The Labute approximate surface area is 92.2 Å². The van der Waals surface area contributed by atoms with E-state index in [0.717, 1.165) is 0 Å². The van der Waals surface area contributed by atoms with Crippen LogP contribution in [0.2, 0.25) is 0 Å². The summed E-state index contributed by atoms with van der Waals surface area (Å²) in [5.74, 6) is 0. The fraction of sp³-hybridized carbons (Fsp3) is 0.429. The van der Waals surface area contributed by atoms with E-state index in [1.807, 2.05) is 6.08 Å². The first-order valence-corrected chi connectivity index (χ1v) is 5.69. The monoisotopic (exact) mass is 201 g/mol. The van der Waals surface area contributed by atoms with Crippen molar-refractivity contribution in [2.75, 3.05) is 0 Å². The van der Waals surface area contributed by atoms with Crippen LogP contribution >= 0.6 is 0 Å². The van der Waals surface area contributed by atoms with E-state index in [9.17, 15) is 0 Å². The van der Waals surface area contributed by atoms with Crippen LogP contribution in [0.25, 0.3) is 0 Å². The van der Waals surface area contributed by atoms with Crippen molar-refractivity contribution in [2.24, 2.45) is 0 Å². The second-order valence-electron chi connectivity index (χ2n) is 4.42. The number of hydrogen-bond acceptors (Lipinski definition) is 1. The summed E-state index contributed by atoms with van der Waals surface area (Å²) in [7, 11) is 0. The largest absolute Gasteiger partial charge is 0.304 e. The van der Waals surface area contributed by atoms with E-state index >= 15 is 0 Å². The number of fused-ring (bicyclic) bond motifs is 1. The topological polar surface area (TPSA) is 12.0 Å². The highest BCUT2D eigenvalue weighted by Crippen LogP contribution is 2.33. The van der Waals surface area contributed by atoms with Crippen molar-refractivity contribution in [3.8, 4) is 0 Å². The highest BCUT2D eigenvalue weighted by molar-refractivity contribution is 5.40. The predicted octanol–water partition coefficient (Wildman–Crippen LogP) is 3.15. The molecule has 2 rings (SSSR count). The molecule has 0 aliphatic heterocycles. The first-order chi connectivity index (χ1) is 7.22. The van der Waals surface area contributed by atoms with Crippen molar-refractivity contribution >= 4 is 0 Å². The van der Waals surface area contributed by atoms with Crippen molar-refractivity contribution in [1.29, 1.82) is 0 Å². The van der Waals surface area contributed by atoms with Crippen LogP contribution in [-0.2, 0) is 6.42 Å². The van der Waals surface area contributed by atoms with Crippen LogP contribution in [0, 0.1) is 6.92 Å². The molecule has 80 valence electrons. The SMILES string of the molecule is C=CC(C)NC1CCc2c(C)cccc21. The second-order valence-corrected chi connectivity index (χ2v) is 4.42. The van der Waals surface area contributed by atoms with Gasteiger partial charge in [-0.25, -0.2) is 0 Å². The van der Waals surface area contributed by atoms with Gasteiger partial charge in [0.1, 0.15) is 0 Å². The summed E-state index contributed by atoms with van der Waals surface area (Å²) in [6, 6.07) is 7.53. The Morgan fingerprint density at radius 3 is 3.07 bits per heavy atom. The molecule has 0 bridgehead atoms. The van der Waals surface area contributed by atoms with Crippen LogP contribution in [0.5, 0.6) is 0 Å². The number of rotatable bonds is 3. The van der Waals surface area contributed by atoms with Crippen LogP contribution in [0.15, 0.2) is 30.9 Å². The molecule has 0 radical (unpaired) electrons. The number of aryl methyl sites for hydroxylation is 1. The Morgan fingerprint density at radius 1 is 1.53 bits per heavy atom. The zero-order chi connectivity index (χ0) is 10.8. The van der Waals surface area contributed by atoms with E-state index in [2.05, 4.69) is 43.9 Å². The first-order valence-electron chi connectivity index (χ1n) is 5.69. The molecule has 0 fully saturated rings. The quantitative estimate of drug-likeness (QED) is 0.741. The standard InChI is InChI=1S/C14H19N/c1-4-11(3)15-14-9-8-12-10(2)6-5-7-13(12)14/h4-7,11,14-15H,1,8-9H2,2-3H3. The lowest BCUT2D eigenvalue weighted by atomic mass is 10.0. The van der Waals surface area contributed by atoms with E-state index in [0.29, 0.717) is 12.1 Å². The zero-order valence-corrected chi connectivity index (χ0v) is 9.59. The van der Waals surface area contributed by atoms with Gasteiger partial charge in [0.2, 0.25) is 0 Å². The Kier molecular flexibility index (Phi) is 2.92.